The number of carbonyl (C=O) groups is 1. The molecule has 6 heteroatoms. The molecule has 1 aromatic heterocycles. The van der Waals surface area contributed by atoms with Crippen molar-refractivity contribution < 1.29 is 19.2 Å². The summed E-state index contributed by atoms with van der Waals surface area (Å²) in [4.78, 5) is 14.1. The molecule has 1 aromatic rings. The van der Waals surface area contributed by atoms with Crippen LogP contribution in [0.25, 0.3) is 0 Å². The van der Waals surface area contributed by atoms with Gasteiger partial charge in [-0.2, -0.15) is 0 Å². The van der Waals surface area contributed by atoms with Crippen molar-refractivity contribution in [3.63, 3.8) is 0 Å². The zero-order valence-corrected chi connectivity index (χ0v) is 11.2. The Morgan fingerprint density at radius 3 is 2.95 bits per heavy atom. The minimum absolute atomic E-state index is 0.0367. The minimum atomic E-state index is -0.174. The maximum atomic E-state index is 12.4. The van der Waals surface area contributed by atoms with E-state index in [0.717, 1.165) is 25.7 Å². The SMILES string of the molecule is COCc1cc(C(=O)N(CCO)C2CCCC2)no1. The number of hydrogen-bond donors (Lipinski definition) is 1. The summed E-state index contributed by atoms with van der Waals surface area (Å²) in [7, 11) is 1.56. The molecule has 106 valence electrons. The van der Waals surface area contributed by atoms with E-state index in [1.807, 2.05) is 0 Å². The Morgan fingerprint density at radius 1 is 1.58 bits per heavy atom. The lowest BCUT2D eigenvalue weighted by Gasteiger charge is -2.27. The van der Waals surface area contributed by atoms with Crippen molar-refractivity contribution >= 4 is 5.91 Å². The second-order valence-corrected chi connectivity index (χ2v) is 4.77. The fourth-order valence-corrected chi connectivity index (χ4v) is 2.54. The zero-order chi connectivity index (χ0) is 13.7. The maximum absolute atomic E-state index is 12.4. The van der Waals surface area contributed by atoms with Gasteiger partial charge in [-0.3, -0.25) is 4.79 Å². The van der Waals surface area contributed by atoms with Crippen molar-refractivity contribution in [2.24, 2.45) is 0 Å². The lowest BCUT2D eigenvalue weighted by Crippen LogP contribution is -2.40. The van der Waals surface area contributed by atoms with E-state index < -0.39 is 0 Å². The summed E-state index contributed by atoms with van der Waals surface area (Å²) >= 11 is 0. The third-order valence-electron chi connectivity index (χ3n) is 3.43. The first-order chi connectivity index (χ1) is 9.26. The van der Waals surface area contributed by atoms with Gasteiger partial charge in [0.1, 0.15) is 6.61 Å². The highest BCUT2D eigenvalue weighted by molar-refractivity contribution is 5.92. The molecule has 0 atom stereocenters. The molecule has 2 rings (SSSR count). The van der Waals surface area contributed by atoms with E-state index >= 15 is 0 Å². The third-order valence-corrected chi connectivity index (χ3v) is 3.43. The predicted octanol–water partition coefficient (Wildman–Crippen LogP) is 1.20. The number of aliphatic hydroxyl groups excluding tert-OH is 1. The van der Waals surface area contributed by atoms with Crippen LogP contribution >= 0.6 is 0 Å². The van der Waals surface area contributed by atoms with Crippen LogP contribution in [0.15, 0.2) is 10.6 Å². The molecule has 0 aromatic carbocycles. The van der Waals surface area contributed by atoms with Gasteiger partial charge in [-0.25, -0.2) is 0 Å². The molecule has 0 bridgehead atoms. The summed E-state index contributed by atoms with van der Waals surface area (Å²) in [6.45, 7) is 0.602. The number of hydrogen-bond acceptors (Lipinski definition) is 5. The number of aliphatic hydroxyl groups is 1. The van der Waals surface area contributed by atoms with Gasteiger partial charge in [-0.05, 0) is 12.8 Å². The average molecular weight is 268 g/mol. The van der Waals surface area contributed by atoms with E-state index in [-0.39, 0.29) is 24.2 Å². The number of amides is 1. The van der Waals surface area contributed by atoms with E-state index in [2.05, 4.69) is 5.16 Å². The molecular weight excluding hydrogens is 248 g/mol. The molecule has 1 saturated carbocycles. The maximum Gasteiger partial charge on any atom is 0.276 e. The van der Waals surface area contributed by atoms with Gasteiger partial charge in [0.15, 0.2) is 11.5 Å². The number of rotatable bonds is 6. The molecule has 1 heterocycles. The quantitative estimate of drug-likeness (QED) is 0.839. The van der Waals surface area contributed by atoms with Crippen molar-refractivity contribution in [3.05, 3.63) is 17.5 Å². The molecule has 1 aliphatic carbocycles. The van der Waals surface area contributed by atoms with Crippen LogP contribution in [-0.4, -0.2) is 47.4 Å². The lowest BCUT2D eigenvalue weighted by molar-refractivity contribution is 0.0627. The third kappa shape index (κ3) is 3.33. The Hall–Kier alpha value is -1.40. The van der Waals surface area contributed by atoms with Gasteiger partial charge >= 0.3 is 0 Å². The van der Waals surface area contributed by atoms with Crippen molar-refractivity contribution in [2.75, 3.05) is 20.3 Å². The molecule has 0 unspecified atom stereocenters. The van der Waals surface area contributed by atoms with Crippen LogP contribution in [0.1, 0.15) is 41.9 Å². The fourth-order valence-electron chi connectivity index (χ4n) is 2.54. The van der Waals surface area contributed by atoms with Crippen LogP contribution in [-0.2, 0) is 11.3 Å². The molecule has 0 radical (unpaired) electrons. The molecule has 0 aliphatic heterocycles. The van der Waals surface area contributed by atoms with Crippen LogP contribution in [0.4, 0.5) is 0 Å². The van der Waals surface area contributed by atoms with Gasteiger partial charge in [0.05, 0.1) is 6.61 Å². The highest BCUT2D eigenvalue weighted by atomic mass is 16.5. The number of carbonyl (C=O) groups excluding carboxylic acids is 1. The number of nitrogens with zero attached hydrogens (tertiary/aromatic N) is 2. The van der Waals surface area contributed by atoms with Crippen LogP contribution in [0.3, 0.4) is 0 Å². The molecular formula is C13H20N2O4. The zero-order valence-electron chi connectivity index (χ0n) is 11.2. The van der Waals surface area contributed by atoms with Crippen LogP contribution in [0.5, 0.6) is 0 Å². The molecule has 1 fully saturated rings. The van der Waals surface area contributed by atoms with E-state index in [0.29, 0.717) is 18.9 Å². The van der Waals surface area contributed by atoms with E-state index in [1.165, 1.54) is 0 Å². The van der Waals surface area contributed by atoms with Crippen molar-refractivity contribution in [2.45, 2.75) is 38.3 Å². The van der Waals surface area contributed by atoms with Crippen LogP contribution < -0.4 is 0 Å². The molecule has 1 amide bonds. The van der Waals surface area contributed by atoms with Crippen molar-refractivity contribution in [1.29, 1.82) is 0 Å². The summed E-state index contributed by atoms with van der Waals surface area (Å²) < 4.78 is 9.96. The fraction of sp³-hybridized carbons (Fsp3) is 0.692. The normalized spacial score (nSPS) is 15.9. The van der Waals surface area contributed by atoms with Gasteiger partial charge in [-0.15, -0.1) is 0 Å². The summed E-state index contributed by atoms with van der Waals surface area (Å²) in [5.74, 6) is 0.355. The largest absolute Gasteiger partial charge is 0.395 e. The summed E-state index contributed by atoms with van der Waals surface area (Å²) in [6, 6.07) is 1.81. The lowest BCUT2D eigenvalue weighted by atomic mass is 10.2. The van der Waals surface area contributed by atoms with Gasteiger partial charge in [0.2, 0.25) is 0 Å². The predicted molar refractivity (Wildman–Crippen MR) is 67.6 cm³/mol. The van der Waals surface area contributed by atoms with Crippen molar-refractivity contribution in [1.82, 2.24) is 10.1 Å². The van der Waals surface area contributed by atoms with Crippen LogP contribution in [0, 0.1) is 0 Å². The number of aromatic nitrogens is 1. The Morgan fingerprint density at radius 2 is 2.32 bits per heavy atom. The minimum Gasteiger partial charge on any atom is -0.395 e. The highest BCUT2D eigenvalue weighted by Crippen LogP contribution is 2.24. The Balaban J connectivity index is 2.08. The molecule has 1 aliphatic rings. The number of methoxy groups -OCH3 is 1. The van der Waals surface area contributed by atoms with E-state index in [1.54, 1.807) is 18.1 Å². The van der Waals surface area contributed by atoms with Gasteiger partial charge in [0, 0.05) is 25.8 Å². The van der Waals surface area contributed by atoms with Gasteiger partial charge in [-0.1, -0.05) is 18.0 Å². The Kier molecular flexibility index (Phi) is 4.93. The Labute approximate surface area is 112 Å². The number of ether oxygens (including phenoxy) is 1. The molecule has 1 N–H and O–H groups in total. The second kappa shape index (κ2) is 6.68. The molecule has 6 nitrogen and oxygen atoms in total. The first kappa shape index (κ1) is 14.0. The molecule has 19 heavy (non-hydrogen) atoms. The summed E-state index contributed by atoms with van der Waals surface area (Å²) in [6.07, 6.45) is 4.25. The second-order valence-electron chi connectivity index (χ2n) is 4.77. The Bertz CT molecular complexity index is 413. The highest BCUT2D eigenvalue weighted by Gasteiger charge is 2.28. The smallest absolute Gasteiger partial charge is 0.276 e. The van der Waals surface area contributed by atoms with Crippen molar-refractivity contribution in [3.8, 4) is 0 Å². The average Bonchev–Trinajstić information content (AvgIpc) is 3.06. The van der Waals surface area contributed by atoms with E-state index in [9.17, 15) is 4.79 Å². The van der Waals surface area contributed by atoms with Gasteiger partial charge < -0.3 is 19.3 Å². The molecule has 0 spiro atoms. The summed E-state index contributed by atoms with van der Waals surface area (Å²) in [5, 5.41) is 12.9. The van der Waals surface area contributed by atoms with Gasteiger partial charge in [0.25, 0.3) is 5.91 Å². The topological polar surface area (TPSA) is 75.8 Å². The monoisotopic (exact) mass is 268 g/mol. The first-order valence-electron chi connectivity index (χ1n) is 6.62. The standard InChI is InChI=1S/C13H20N2O4/c1-18-9-11-8-12(14-19-11)13(17)15(6-7-16)10-4-2-3-5-10/h8,10,16H,2-7,9H2,1H3. The first-order valence-corrected chi connectivity index (χ1v) is 6.62. The van der Waals surface area contributed by atoms with Crippen LogP contribution in [0.2, 0.25) is 0 Å². The molecule has 0 saturated heterocycles. The van der Waals surface area contributed by atoms with E-state index in [4.69, 9.17) is 14.4 Å². The summed E-state index contributed by atoms with van der Waals surface area (Å²) in [5.41, 5.74) is 0.285.